The lowest BCUT2D eigenvalue weighted by molar-refractivity contribution is -0.969. The van der Waals surface area contributed by atoms with Gasteiger partial charge in [0.1, 0.15) is 6.54 Å². The topological polar surface area (TPSA) is 37.4 Å². The van der Waals surface area contributed by atoms with Crippen LogP contribution < -0.4 is 17.0 Å². The van der Waals surface area contributed by atoms with Gasteiger partial charge < -0.3 is 21.5 Å². The fourth-order valence-corrected chi connectivity index (χ4v) is 8.33. The third kappa shape index (κ3) is 7.52. The Bertz CT molecular complexity index is 1570. The summed E-state index contributed by atoms with van der Waals surface area (Å²) < 4.78 is 32.2. The van der Waals surface area contributed by atoms with Crippen molar-refractivity contribution in [2.24, 2.45) is 0 Å². The Kier molecular flexibility index (Phi) is 11.6. The van der Waals surface area contributed by atoms with Crippen LogP contribution >= 0.6 is 0 Å². The Labute approximate surface area is 264 Å². The first-order chi connectivity index (χ1) is 19.5. The van der Waals surface area contributed by atoms with Crippen molar-refractivity contribution in [3.05, 3.63) is 112 Å². The first-order valence-corrected chi connectivity index (χ1v) is 16.5. The number of aryl methyl sites for hydroxylation is 4. The lowest BCUT2D eigenvalue weighted by Crippen LogP contribution is -3.00. The lowest BCUT2D eigenvalue weighted by Gasteiger charge is -2.48. The third-order valence-corrected chi connectivity index (χ3v) is 10.3. The Morgan fingerprint density at radius 3 is 1.74 bits per heavy atom. The van der Waals surface area contributed by atoms with Crippen molar-refractivity contribution in [1.29, 1.82) is 0 Å². The number of benzene rings is 4. The molecule has 0 saturated carbocycles. The monoisotopic (exact) mass is 650 g/mol. The Hall–Kier alpha value is -2.51. The smallest absolute Gasteiger partial charge is 0.248 e. The minimum atomic E-state index is -3.83. The molecule has 4 aromatic carbocycles. The Morgan fingerprint density at radius 2 is 1.21 bits per heavy atom. The van der Waals surface area contributed by atoms with E-state index in [9.17, 15) is 8.42 Å². The SMILES string of the molecule is CCCC(N(Cc1cc(C)cc(C)c1)S(=O)(=O)c1ccc2ccccc2c1)[N+](CC)(CC)Cc1cc(C)cc(C)c1.[Br-]. The largest absolute Gasteiger partial charge is 1.00 e. The molecule has 0 aliphatic carbocycles. The molecule has 0 amide bonds. The van der Waals surface area contributed by atoms with Gasteiger partial charge in [0.2, 0.25) is 10.0 Å². The quantitative estimate of drug-likeness (QED) is 0.151. The highest BCUT2D eigenvalue weighted by Crippen LogP contribution is 2.33. The number of rotatable bonds is 12. The van der Waals surface area contributed by atoms with E-state index in [1.54, 1.807) is 6.07 Å². The van der Waals surface area contributed by atoms with Gasteiger partial charge in [-0.2, -0.15) is 0 Å². The van der Waals surface area contributed by atoms with E-state index in [0.717, 1.165) is 59.9 Å². The molecule has 1 unspecified atom stereocenters. The molecule has 0 spiro atoms. The zero-order chi connectivity index (χ0) is 29.8. The van der Waals surface area contributed by atoms with Crippen molar-refractivity contribution in [3.63, 3.8) is 0 Å². The number of nitrogens with zero attached hydrogens (tertiary/aromatic N) is 2. The number of sulfonamides is 1. The van der Waals surface area contributed by atoms with Crippen LogP contribution in [0.2, 0.25) is 0 Å². The van der Waals surface area contributed by atoms with Crippen LogP contribution in [-0.4, -0.2) is 36.5 Å². The van der Waals surface area contributed by atoms with E-state index in [4.69, 9.17) is 0 Å². The fraction of sp³-hybridized carbons (Fsp3) is 0.389. The van der Waals surface area contributed by atoms with Gasteiger partial charge in [-0.1, -0.05) is 95.9 Å². The van der Waals surface area contributed by atoms with Crippen molar-refractivity contribution >= 4 is 20.8 Å². The lowest BCUT2D eigenvalue weighted by atomic mass is 10.0. The number of halogens is 1. The highest BCUT2D eigenvalue weighted by Gasteiger charge is 2.44. The van der Waals surface area contributed by atoms with E-state index in [1.807, 2.05) is 40.7 Å². The summed E-state index contributed by atoms with van der Waals surface area (Å²) in [6.07, 6.45) is 1.46. The molecule has 1 atom stereocenters. The van der Waals surface area contributed by atoms with Gasteiger partial charge in [-0.05, 0) is 76.4 Å². The normalized spacial score (nSPS) is 12.9. The molecule has 42 heavy (non-hydrogen) atoms. The van der Waals surface area contributed by atoms with E-state index in [0.29, 0.717) is 15.9 Å². The van der Waals surface area contributed by atoms with Crippen molar-refractivity contribution in [3.8, 4) is 0 Å². The molecule has 0 aliphatic heterocycles. The van der Waals surface area contributed by atoms with Crippen LogP contribution in [0.4, 0.5) is 0 Å². The summed E-state index contributed by atoms with van der Waals surface area (Å²) in [6.45, 7) is 17.9. The van der Waals surface area contributed by atoms with Gasteiger partial charge in [-0.25, -0.2) is 8.42 Å². The summed E-state index contributed by atoms with van der Waals surface area (Å²) in [6, 6.07) is 26.7. The molecule has 0 N–H and O–H groups in total. The minimum Gasteiger partial charge on any atom is -1.00 e. The summed E-state index contributed by atoms with van der Waals surface area (Å²) in [5.74, 6) is 0. The van der Waals surface area contributed by atoms with Gasteiger partial charge in [-0.3, -0.25) is 0 Å². The summed E-state index contributed by atoms with van der Waals surface area (Å²) in [5.41, 5.74) is 7.09. The van der Waals surface area contributed by atoms with Crippen LogP contribution in [0.25, 0.3) is 10.8 Å². The van der Waals surface area contributed by atoms with E-state index in [1.165, 1.54) is 16.7 Å². The summed E-state index contributed by atoms with van der Waals surface area (Å²) in [4.78, 5) is 0.360. The second-order valence-corrected chi connectivity index (χ2v) is 13.7. The van der Waals surface area contributed by atoms with Gasteiger partial charge in [-0.15, -0.1) is 4.31 Å². The van der Waals surface area contributed by atoms with Crippen LogP contribution in [0, 0.1) is 27.7 Å². The second kappa shape index (κ2) is 14.3. The zero-order valence-corrected chi connectivity index (χ0v) is 28.7. The van der Waals surface area contributed by atoms with Gasteiger partial charge in [0, 0.05) is 18.5 Å². The number of quaternary nitrogens is 1. The molecule has 0 fully saturated rings. The molecule has 4 nitrogen and oxygen atoms in total. The molecule has 0 bridgehead atoms. The van der Waals surface area contributed by atoms with Crippen LogP contribution in [0.3, 0.4) is 0 Å². The average molecular weight is 652 g/mol. The molecule has 0 radical (unpaired) electrons. The van der Waals surface area contributed by atoms with Gasteiger partial charge >= 0.3 is 0 Å². The maximum absolute atomic E-state index is 14.8. The first kappa shape index (κ1) is 34.0. The van der Waals surface area contributed by atoms with Crippen LogP contribution in [0.5, 0.6) is 0 Å². The maximum atomic E-state index is 14.8. The molecule has 0 aliphatic rings. The van der Waals surface area contributed by atoms with E-state index >= 15 is 0 Å². The minimum absolute atomic E-state index is 0. The van der Waals surface area contributed by atoms with Crippen LogP contribution in [0.1, 0.15) is 67.0 Å². The zero-order valence-electron chi connectivity index (χ0n) is 26.3. The van der Waals surface area contributed by atoms with Gasteiger partial charge in [0.25, 0.3) is 0 Å². The summed E-state index contributed by atoms with van der Waals surface area (Å²) >= 11 is 0. The molecule has 6 heteroatoms. The molecule has 0 heterocycles. The van der Waals surface area contributed by atoms with E-state index in [2.05, 4.69) is 84.9 Å². The number of fused-ring (bicyclic) bond motifs is 1. The van der Waals surface area contributed by atoms with Crippen LogP contribution in [-0.2, 0) is 23.1 Å². The van der Waals surface area contributed by atoms with Crippen molar-refractivity contribution in [1.82, 2.24) is 4.31 Å². The maximum Gasteiger partial charge on any atom is 0.248 e. The predicted octanol–water partition coefficient (Wildman–Crippen LogP) is 5.45. The van der Waals surface area contributed by atoms with E-state index in [-0.39, 0.29) is 23.1 Å². The van der Waals surface area contributed by atoms with Crippen molar-refractivity contribution < 1.29 is 29.9 Å². The van der Waals surface area contributed by atoms with Crippen LogP contribution in [0.15, 0.2) is 83.8 Å². The second-order valence-electron chi connectivity index (χ2n) is 11.8. The molecule has 4 aromatic rings. The van der Waals surface area contributed by atoms with Gasteiger partial charge in [0.05, 0.1) is 18.0 Å². The Morgan fingerprint density at radius 1 is 0.690 bits per heavy atom. The fourth-order valence-electron chi connectivity index (χ4n) is 6.60. The molecule has 0 saturated heterocycles. The Balaban J connectivity index is 0.00000484. The average Bonchev–Trinajstić information content (AvgIpc) is 2.92. The summed E-state index contributed by atoms with van der Waals surface area (Å²) in [7, 11) is -3.83. The van der Waals surface area contributed by atoms with Crippen molar-refractivity contribution in [2.45, 2.75) is 85.5 Å². The van der Waals surface area contributed by atoms with Gasteiger partial charge in [0.15, 0.2) is 6.17 Å². The highest BCUT2D eigenvalue weighted by atomic mass is 79.9. The molecule has 4 rings (SSSR count). The third-order valence-electron chi connectivity index (χ3n) is 8.50. The predicted molar refractivity (Wildman–Crippen MR) is 172 cm³/mol. The number of hydrogen-bond donors (Lipinski definition) is 0. The molecule has 226 valence electrons. The number of hydrogen-bond acceptors (Lipinski definition) is 2. The standard InChI is InChI=1S/C36H47N2O2S.BrH/c1-8-13-36(38(9-2,10-3)26-32-22-29(6)19-30(7)23-32)37(25-31-20-27(4)18-28(5)21-31)41(39,40)35-17-16-33-14-11-12-15-34(33)24-35;/h11-12,14-24,36H,8-10,13,25-26H2,1-7H3;1H/q+1;/p-1. The molecular formula is C36H47BrN2O2S. The molecular weight excluding hydrogens is 604 g/mol. The van der Waals surface area contributed by atoms with E-state index < -0.39 is 10.0 Å². The first-order valence-electron chi connectivity index (χ1n) is 15.0. The molecule has 0 aromatic heterocycles. The van der Waals surface area contributed by atoms with Crippen molar-refractivity contribution in [2.75, 3.05) is 13.1 Å². The highest BCUT2D eigenvalue weighted by molar-refractivity contribution is 7.89. The summed E-state index contributed by atoms with van der Waals surface area (Å²) in [5, 5.41) is 1.98.